The van der Waals surface area contributed by atoms with Gasteiger partial charge in [0.05, 0.1) is 42.1 Å². The predicted molar refractivity (Wildman–Crippen MR) is 384 cm³/mol. The Balaban J connectivity index is 1.07. The SMILES string of the molecule is CCCCSc1nc(Nc2cc(N(CC)CC)ccc2N=Nc2nc(N3CCCCC3)c(/C=C(/C(C)=O)C(=O)Nc3cccc(S(=O)(=O)O)c3)s2)nc(Nc2cc(N(CC)CC)ccc2N=Nc2nc(N3CCCCC3)c(/C=C(\C(C)=O)C(=O)Nc3cccc(S(=O)(=O)O)c3)s2)n1. The molecule has 2 fully saturated rings. The summed E-state index contributed by atoms with van der Waals surface area (Å²) in [6, 6.07) is 21.6. The standard InChI is InChI=1S/C65H77N17O10S5/c1-8-13-34-93-63-73-61(68-53-37-45(79(9-2)10-3)26-28-51(53)75-77-64-70-57(81-30-16-14-17-31-81)55(94-64)39-49(41(6)83)59(85)66-43-22-20-24-47(35-43)96(87,88)89)72-62(74-63)69-54-38-46(80(11-4)12-5)27-29-52(54)76-78-65-71-58(82-32-18-15-19-33-82)56(95-65)40-50(42(7)84)60(86)67-44-23-21-25-48(36-44)97(90,91)92/h20-29,35-40H,8-19,30-34H2,1-7H3,(H,66,85)(H,67,86)(H,87,88,89)(H,90,91,92)(H2,68,69,72,73,74)/b49-39-,50-40+,77-75?,78-76?. The van der Waals surface area contributed by atoms with Gasteiger partial charge in [-0.1, -0.05) is 59.9 Å². The maximum Gasteiger partial charge on any atom is 0.294 e. The number of Topliss-reactive ketones (excluding diaryl/α,β-unsaturated/α-hetero) is 2. The average Bonchev–Trinajstić information content (AvgIpc) is 1.78. The first-order valence-corrected chi connectivity index (χ1v) is 37.3. The van der Waals surface area contributed by atoms with Crippen molar-refractivity contribution < 1.29 is 45.1 Å². The highest BCUT2D eigenvalue weighted by Gasteiger charge is 2.26. The number of aromatic nitrogens is 5. The zero-order valence-corrected chi connectivity index (χ0v) is 58.9. The van der Waals surface area contributed by atoms with Crippen LogP contribution in [0.1, 0.15) is 110 Å². The fourth-order valence-electron chi connectivity index (χ4n) is 10.6. The molecule has 2 aliphatic heterocycles. The molecule has 0 aliphatic carbocycles. The van der Waals surface area contributed by atoms with Gasteiger partial charge in [0.15, 0.2) is 16.7 Å². The third kappa shape index (κ3) is 19.4. The normalized spacial score (nSPS) is 14.1. The van der Waals surface area contributed by atoms with E-state index in [1.807, 2.05) is 36.4 Å². The summed E-state index contributed by atoms with van der Waals surface area (Å²) in [5.41, 5.74) is 3.22. The predicted octanol–water partition coefficient (Wildman–Crippen LogP) is 14.4. The van der Waals surface area contributed by atoms with Crippen molar-refractivity contribution in [3.8, 4) is 0 Å². The Morgan fingerprint density at radius 1 is 0.557 bits per heavy atom. The molecule has 32 heteroatoms. The van der Waals surface area contributed by atoms with E-state index in [0.717, 1.165) is 103 Å². The van der Waals surface area contributed by atoms with Gasteiger partial charge in [0.25, 0.3) is 32.1 Å². The van der Waals surface area contributed by atoms with E-state index in [1.54, 1.807) is 0 Å². The number of thiazole rings is 2. The van der Waals surface area contributed by atoms with Crippen LogP contribution in [0.15, 0.2) is 131 Å². The van der Waals surface area contributed by atoms with Crippen LogP contribution in [0, 0.1) is 0 Å². The zero-order valence-electron chi connectivity index (χ0n) is 54.8. The second-order valence-corrected chi connectivity index (χ2v) is 28.4. The van der Waals surface area contributed by atoms with Gasteiger partial charge in [0.2, 0.25) is 22.2 Å². The number of nitrogens with zero attached hydrogens (tertiary/aromatic N) is 13. The van der Waals surface area contributed by atoms with Crippen molar-refractivity contribution in [2.45, 2.75) is 115 Å². The quantitative estimate of drug-likeness (QED) is 0.00463. The number of azo groups is 2. The molecule has 0 radical (unpaired) electrons. The lowest BCUT2D eigenvalue weighted by molar-refractivity contribution is -0.120. The number of piperidine rings is 2. The fraction of sp³-hybridized carbons (Fsp3) is 0.369. The van der Waals surface area contributed by atoms with Crippen LogP contribution in [0.25, 0.3) is 12.2 Å². The number of carbonyl (C=O) groups excluding carboxylic acids is 4. The van der Waals surface area contributed by atoms with Crippen LogP contribution in [-0.2, 0) is 39.4 Å². The van der Waals surface area contributed by atoms with Crippen molar-refractivity contribution in [2.75, 3.05) is 99.0 Å². The van der Waals surface area contributed by atoms with Crippen molar-refractivity contribution in [1.29, 1.82) is 0 Å². The number of carbonyl (C=O) groups is 4. The van der Waals surface area contributed by atoms with Gasteiger partial charge < -0.3 is 40.9 Å². The number of unbranched alkanes of at least 4 members (excludes halogenated alkanes) is 1. The smallest absolute Gasteiger partial charge is 0.294 e. The summed E-state index contributed by atoms with van der Waals surface area (Å²) >= 11 is 3.74. The van der Waals surface area contributed by atoms with E-state index in [2.05, 4.69) is 85.7 Å². The minimum absolute atomic E-state index is 0.0507. The van der Waals surface area contributed by atoms with E-state index in [4.69, 9.17) is 35.1 Å². The van der Waals surface area contributed by atoms with Crippen molar-refractivity contribution in [3.63, 3.8) is 0 Å². The molecule has 3 aromatic heterocycles. The van der Waals surface area contributed by atoms with Crippen LogP contribution in [0.4, 0.5) is 79.3 Å². The molecule has 0 saturated carbocycles. The number of amides is 2. The molecule has 0 spiro atoms. The third-order valence-corrected chi connectivity index (χ3v) is 20.1. The second kappa shape index (κ2) is 33.4. The zero-order chi connectivity index (χ0) is 69.4. The largest absolute Gasteiger partial charge is 0.372 e. The number of ketones is 2. The Labute approximate surface area is 576 Å². The third-order valence-electron chi connectivity index (χ3n) is 15.7. The molecule has 7 aromatic rings. The summed E-state index contributed by atoms with van der Waals surface area (Å²) in [5.74, 6) is -0.594. The molecular weight excluding hydrogens is 1340 g/mol. The molecule has 5 heterocycles. The first-order chi connectivity index (χ1) is 46.5. The maximum absolute atomic E-state index is 13.8. The molecule has 0 unspecified atom stereocenters. The Morgan fingerprint density at radius 2 is 0.969 bits per heavy atom. The summed E-state index contributed by atoms with van der Waals surface area (Å²) in [7, 11) is -9.16. The Hall–Kier alpha value is -8.92. The van der Waals surface area contributed by atoms with Crippen molar-refractivity contribution in [2.24, 2.45) is 20.5 Å². The minimum Gasteiger partial charge on any atom is -0.372 e. The van der Waals surface area contributed by atoms with Gasteiger partial charge in [-0.3, -0.25) is 28.3 Å². The monoisotopic (exact) mass is 1420 g/mol. The maximum atomic E-state index is 13.8. The number of rotatable bonds is 30. The van der Waals surface area contributed by atoms with Crippen LogP contribution in [0.5, 0.6) is 0 Å². The molecule has 0 bridgehead atoms. The summed E-state index contributed by atoms with van der Waals surface area (Å²) in [5, 5.41) is 31.9. The molecule has 97 heavy (non-hydrogen) atoms. The molecular formula is C65H77N17O10S5. The molecule has 512 valence electrons. The highest BCUT2D eigenvalue weighted by molar-refractivity contribution is 7.99. The lowest BCUT2D eigenvalue weighted by Crippen LogP contribution is -2.30. The van der Waals surface area contributed by atoms with E-state index >= 15 is 0 Å². The van der Waals surface area contributed by atoms with E-state index in [9.17, 15) is 45.1 Å². The van der Waals surface area contributed by atoms with Gasteiger partial charge in [0, 0.05) is 80.9 Å². The van der Waals surface area contributed by atoms with Gasteiger partial charge in [-0.15, -0.1) is 20.5 Å². The van der Waals surface area contributed by atoms with Crippen LogP contribution in [0.2, 0.25) is 0 Å². The lowest BCUT2D eigenvalue weighted by atomic mass is 10.1. The van der Waals surface area contributed by atoms with Crippen LogP contribution >= 0.6 is 34.4 Å². The van der Waals surface area contributed by atoms with E-state index < -0.39 is 53.4 Å². The van der Waals surface area contributed by atoms with Gasteiger partial charge >= 0.3 is 0 Å². The Kier molecular flexibility index (Phi) is 24.9. The summed E-state index contributed by atoms with van der Waals surface area (Å²) in [6.45, 7) is 18.4. The fourth-order valence-corrected chi connectivity index (χ4v) is 14.3. The van der Waals surface area contributed by atoms with Crippen molar-refractivity contribution in [1.82, 2.24) is 24.9 Å². The Morgan fingerprint density at radius 3 is 1.34 bits per heavy atom. The molecule has 9 rings (SSSR count). The summed E-state index contributed by atoms with van der Waals surface area (Å²) in [4.78, 5) is 87.3. The first-order valence-electron chi connectivity index (χ1n) is 31.8. The molecule has 6 N–H and O–H groups in total. The molecule has 2 aliphatic rings. The number of benzene rings is 4. The van der Waals surface area contributed by atoms with Gasteiger partial charge in [0.1, 0.15) is 23.0 Å². The van der Waals surface area contributed by atoms with Crippen LogP contribution < -0.4 is 40.9 Å². The van der Waals surface area contributed by atoms with E-state index in [1.165, 1.54) is 74.2 Å². The molecule has 0 atom stereocenters. The second-order valence-electron chi connectivity index (χ2n) is 22.5. The minimum atomic E-state index is -4.58. The number of thioether (sulfide) groups is 1. The molecule has 2 amide bonds. The van der Waals surface area contributed by atoms with Crippen LogP contribution in [-0.4, -0.2) is 132 Å². The number of hydrogen-bond acceptors (Lipinski definition) is 26. The van der Waals surface area contributed by atoms with Crippen molar-refractivity contribution >= 4 is 169 Å². The first kappa shape index (κ1) is 72.4. The van der Waals surface area contributed by atoms with E-state index in [0.29, 0.717) is 102 Å². The van der Waals surface area contributed by atoms with Gasteiger partial charge in [-0.2, -0.15) is 41.8 Å². The topological polar surface area (TPSA) is 352 Å². The van der Waals surface area contributed by atoms with Crippen LogP contribution in [0.3, 0.4) is 0 Å². The van der Waals surface area contributed by atoms with Gasteiger partial charge in [-0.25, -0.2) is 0 Å². The molecule has 2 saturated heterocycles. The summed E-state index contributed by atoms with van der Waals surface area (Å²) in [6.07, 6.45) is 10.4. The summed E-state index contributed by atoms with van der Waals surface area (Å²) < 4.78 is 66.9. The molecule has 27 nitrogen and oxygen atoms in total. The van der Waals surface area contributed by atoms with E-state index in [-0.39, 0.29) is 44.7 Å². The number of hydrogen-bond donors (Lipinski definition) is 6. The number of nitrogens with one attached hydrogen (secondary N) is 4. The average molecular weight is 1420 g/mol. The highest BCUT2D eigenvalue weighted by Crippen LogP contribution is 2.41. The highest BCUT2D eigenvalue weighted by atomic mass is 32.2. The van der Waals surface area contributed by atoms with Gasteiger partial charge in [-0.05, 0) is 171 Å². The number of anilines is 10. The lowest BCUT2D eigenvalue weighted by Gasteiger charge is -2.27. The molecule has 4 aromatic carbocycles. The Bertz CT molecular complexity index is 4120. The van der Waals surface area contributed by atoms with Crippen molar-refractivity contribution in [3.05, 3.63) is 106 Å².